The molecule has 4 aromatic rings. The summed E-state index contributed by atoms with van der Waals surface area (Å²) in [5, 5.41) is 18.4. The molecule has 10 heteroatoms. The summed E-state index contributed by atoms with van der Waals surface area (Å²) in [5.41, 5.74) is 3.18. The van der Waals surface area contributed by atoms with Crippen LogP contribution in [0.3, 0.4) is 0 Å². The lowest BCUT2D eigenvalue weighted by molar-refractivity contribution is -0.0593. The molecule has 2 aromatic heterocycles. The Hall–Kier alpha value is -4.33. The fourth-order valence-corrected chi connectivity index (χ4v) is 5.49. The number of hydrogen-bond acceptors (Lipinski definition) is 7. The minimum atomic E-state index is -1.06. The fourth-order valence-electron chi connectivity index (χ4n) is 5.49. The van der Waals surface area contributed by atoms with Crippen LogP contribution in [-0.2, 0) is 24.4 Å². The molecule has 9 nitrogen and oxygen atoms in total. The van der Waals surface area contributed by atoms with E-state index in [0.717, 1.165) is 44.8 Å². The topological polar surface area (TPSA) is 114 Å². The Bertz CT molecular complexity index is 1620. The highest BCUT2D eigenvalue weighted by Gasteiger charge is 2.26. The highest BCUT2D eigenvalue weighted by molar-refractivity contribution is 5.88. The maximum absolute atomic E-state index is 14.2. The number of nitrogens with zero attached hydrogens (tertiary/aromatic N) is 5. The van der Waals surface area contributed by atoms with Crippen LogP contribution in [0, 0.1) is 17.1 Å². The third kappa shape index (κ3) is 5.92. The van der Waals surface area contributed by atoms with Gasteiger partial charge in [-0.25, -0.2) is 19.2 Å². The molecule has 210 valence electrons. The second-order valence-corrected chi connectivity index (χ2v) is 10.6. The van der Waals surface area contributed by atoms with Crippen LogP contribution < -0.4 is 4.74 Å². The Morgan fingerprint density at radius 1 is 1.12 bits per heavy atom. The van der Waals surface area contributed by atoms with Crippen molar-refractivity contribution in [2.45, 2.75) is 51.0 Å². The van der Waals surface area contributed by atoms with Crippen LogP contribution in [0.1, 0.15) is 58.2 Å². The molecule has 0 radical (unpaired) electrons. The number of aromatic carboxylic acids is 1. The predicted octanol–water partition coefficient (Wildman–Crippen LogP) is 4.89. The van der Waals surface area contributed by atoms with Gasteiger partial charge in [0.05, 0.1) is 30.8 Å². The predicted molar refractivity (Wildman–Crippen MR) is 148 cm³/mol. The molecule has 0 spiro atoms. The molecular weight excluding hydrogens is 525 g/mol. The monoisotopic (exact) mass is 555 g/mol. The first kappa shape index (κ1) is 26.9. The summed E-state index contributed by atoms with van der Waals surface area (Å²) in [7, 11) is 0. The Kier molecular flexibility index (Phi) is 7.63. The minimum absolute atomic E-state index is 0.00814. The Balaban J connectivity index is 1.10. The quantitative estimate of drug-likeness (QED) is 0.311. The van der Waals surface area contributed by atoms with Crippen molar-refractivity contribution in [3.63, 3.8) is 0 Å². The summed E-state index contributed by atoms with van der Waals surface area (Å²) in [5.74, 6) is 0.435. The molecule has 0 aliphatic carbocycles. The van der Waals surface area contributed by atoms with Gasteiger partial charge in [-0.3, -0.25) is 4.90 Å². The number of nitriles is 1. The number of benzene rings is 2. The molecule has 1 N–H and O–H groups in total. The van der Waals surface area contributed by atoms with E-state index in [1.54, 1.807) is 18.2 Å². The number of likely N-dealkylation sites (tertiary alicyclic amines) is 1. The minimum Gasteiger partial charge on any atom is -0.489 e. The summed E-state index contributed by atoms with van der Waals surface area (Å²) < 4.78 is 27.8. The first-order valence-corrected chi connectivity index (χ1v) is 13.8. The van der Waals surface area contributed by atoms with Crippen molar-refractivity contribution in [2.75, 3.05) is 19.7 Å². The van der Waals surface area contributed by atoms with E-state index in [2.05, 4.69) is 16.0 Å². The fraction of sp³-hybridized carbons (Fsp3) is 0.355. The van der Waals surface area contributed by atoms with E-state index >= 15 is 0 Å². The van der Waals surface area contributed by atoms with Crippen LogP contribution in [0.4, 0.5) is 4.39 Å². The van der Waals surface area contributed by atoms with E-state index in [-0.39, 0.29) is 24.0 Å². The van der Waals surface area contributed by atoms with Gasteiger partial charge < -0.3 is 19.1 Å². The van der Waals surface area contributed by atoms with Crippen LogP contribution in [-0.4, -0.2) is 56.3 Å². The molecule has 2 fully saturated rings. The van der Waals surface area contributed by atoms with Crippen molar-refractivity contribution in [1.29, 1.82) is 5.26 Å². The van der Waals surface area contributed by atoms with E-state index in [9.17, 15) is 14.3 Å². The first-order chi connectivity index (χ1) is 20.0. The number of carboxylic acids is 1. The molecule has 0 bridgehead atoms. The summed E-state index contributed by atoms with van der Waals surface area (Å²) >= 11 is 0. The van der Waals surface area contributed by atoms with E-state index in [1.807, 2.05) is 28.8 Å². The van der Waals surface area contributed by atoms with E-state index < -0.39 is 11.8 Å². The lowest BCUT2D eigenvalue weighted by atomic mass is 9.89. The van der Waals surface area contributed by atoms with Crippen molar-refractivity contribution in [1.82, 2.24) is 19.4 Å². The van der Waals surface area contributed by atoms with Crippen molar-refractivity contribution >= 4 is 17.1 Å². The number of halogens is 1. The number of imidazole rings is 1. The van der Waals surface area contributed by atoms with E-state index in [0.29, 0.717) is 41.5 Å². The summed E-state index contributed by atoms with van der Waals surface area (Å²) in [6.07, 6.45) is 3.01. The molecule has 0 saturated carbocycles. The van der Waals surface area contributed by atoms with E-state index in [4.69, 9.17) is 19.7 Å². The molecule has 2 aromatic carbocycles. The van der Waals surface area contributed by atoms with Crippen LogP contribution >= 0.6 is 0 Å². The zero-order valence-electron chi connectivity index (χ0n) is 22.5. The van der Waals surface area contributed by atoms with Gasteiger partial charge in [0.25, 0.3) is 0 Å². The number of rotatable bonds is 9. The maximum Gasteiger partial charge on any atom is 0.354 e. The van der Waals surface area contributed by atoms with Crippen LogP contribution in [0.2, 0.25) is 0 Å². The van der Waals surface area contributed by atoms with Gasteiger partial charge in [0.15, 0.2) is 11.3 Å². The van der Waals surface area contributed by atoms with Crippen LogP contribution in [0.5, 0.6) is 5.75 Å². The third-order valence-corrected chi connectivity index (χ3v) is 7.93. The third-order valence-electron chi connectivity index (χ3n) is 7.93. The number of pyridine rings is 1. The number of ether oxygens (including phenoxy) is 2. The zero-order chi connectivity index (χ0) is 28.3. The van der Waals surface area contributed by atoms with Crippen molar-refractivity contribution < 1.29 is 23.8 Å². The highest BCUT2D eigenvalue weighted by Crippen LogP contribution is 2.31. The summed E-state index contributed by atoms with van der Waals surface area (Å²) in [6, 6.07) is 17.5. The Morgan fingerprint density at radius 3 is 2.66 bits per heavy atom. The number of carboxylic acid groups (broad SMARTS) is 1. The molecule has 2 saturated heterocycles. The molecule has 4 heterocycles. The largest absolute Gasteiger partial charge is 0.489 e. The number of piperidine rings is 1. The molecular formula is C31H30FN5O4. The molecule has 0 unspecified atom stereocenters. The van der Waals surface area contributed by atoms with E-state index in [1.165, 1.54) is 17.7 Å². The lowest BCUT2D eigenvalue weighted by Crippen LogP contribution is -2.35. The summed E-state index contributed by atoms with van der Waals surface area (Å²) in [6.45, 7) is 3.88. The van der Waals surface area contributed by atoms with Gasteiger partial charge in [-0.2, -0.15) is 5.26 Å². The van der Waals surface area contributed by atoms with Gasteiger partial charge in [-0.1, -0.05) is 18.2 Å². The molecule has 41 heavy (non-hydrogen) atoms. The van der Waals surface area contributed by atoms with Gasteiger partial charge in [-0.15, -0.1) is 0 Å². The second-order valence-electron chi connectivity index (χ2n) is 10.6. The van der Waals surface area contributed by atoms with Gasteiger partial charge in [0, 0.05) is 12.2 Å². The van der Waals surface area contributed by atoms with Gasteiger partial charge in [-0.05, 0) is 80.2 Å². The lowest BCUT2D eigenvalue weighted by Gasteiger charge is -2.32. The number of hydrogen-bond donors (Lipinski definition) is 1. The number of fused-ring (bicyclic) bond motifs is 1. The number of aromatic nitrogens is 3. The summed E-state index contributed by atoms with van der Waals surface area (Å²) in [4.78, 5) is 23.1. The standard InChI is InChI=1S/C31H30FN5O4/c32-26-14-20(16-33)4-5-23(26)19-41-24-3-1-2-22(15-24)21-8-11-36(12-9-21)18-29-34-27-6-7-28(31(38)39)35-30(27)37(29)17-25-10-13-40-25/h1-7,14-15,21,25H,8-13,17-19H2,(H,38,39)/t25-/m0/s1. The molecule has 6 rings (SSSR count). The second kappa shape index (κ2) is 11.6. The van der Waals surface area contributed by atoms with Crippen molar-refractivity contribution in [2.24, 2.45) is 0 Å². The average molecular weight is 556 g/mol. The normalized spacial score (nSPS) is 17.7. The molecule has 2 aliphatic heterocycles. The number of carbonyl (C=O) groups is 1. The Morgan fingerprint density at radius 2 is 1.95 bits per heavy atom. The van der Waals surface area contributed by atoms with Crippen molar-refractivity contribution in [3.05, 3.63) is 88.6 Å². The Labute approximate surface area is 236 Å². The highest BCUT2D eigenvalue weighted by atomic mass is 19.1. The van der Waals surface area contributed by atoms with Gasteiger partial charge in [0.2, 0.25) is 0 Å². The van der Waals surface area contributed by atoms with Gasteiger partial charge >= 0.3 is 5.97 Å². The smallest absolute Gasteiger partial charge is 0.354 e. The van der Waals surface area contributed by atoms with Gasteiger partial charge in [0.1, 0.15) is 29.5 Å². The molecule has 1 atom stereocenters. The maximum atomic E-state index is 14.2. The molecule has 0 amide bonds. The SMILES string of the molecule is N#Cc1ccc(COc2cccc(C3CCN(Cc4nc5ccc(C(=O)O)nc5n4C[C@@H]4CCO4)CC3)c2)c(F)c1. The van der Waals surface area contributed by atoms with Crippen LogP contribution in [0.25, 0.3) is 11.2 Å². The first-order valence-electron chi connectivity index (χ1n) is 13.8. The van der Waals surface area contributed by atoms with Crippen LogP contribution in [0.15, 0.2) is 54.6 Å². The molecule has 2 aliphatic rings. The average Bonchev–Trinajstić information content (AvgIpc) is 3.30. The zero-order valence-corrected chi connectivity index (χ0v) is 22.5. The van der Waals surface area contributed by atoms with Crippen molar-refractivity contribution in [3.8, 4) is 11.8 Å².